The van der Waals surface area contributed by atoms with E-state index < -0.39 is 11.6 Å². The highest BCUT2D eigenvalue weighted by molar-refractivity contribution is 9.10. The highest BCUT2D eigenvalue weighted by atomic mass is 79.9. The van der Waals surface area contributed by atoms with E-state index in [2.05, 4.69) is 15.9 Å². The van der Waals surface area contributed by atoms with Crippen LogP contribution in [0.1, 0.15) is 21.5 Å². The summed E-state index contributed by atoms with van der Waals surface area (Å²) in [6.45, 7) is 0.0217. The molecular formula is C14H7BrF2O2. The minimum Gasteiger partial charge on any atom is -0.485 e. The molecule has 1 aliphatic heterocycles. The second-order valence-electron chi connectivity index (χ2n) is 4.16. The van der Waals surface area contributed by atoms with Crippen LogP contribution in [0.2, 0.25) is 0 Å². The van der Waals surface area contributed by atoms with E-state index in [-0.39, 0.29) is 23.7 Å². The number of carbonyl (C=O) groups excluding carboxylic acids is 1. The third kappa shape index (κ3) is 1.94. The first-order chi connectivity index (χ1) is 9.08. The second-order valence-corrected chi connectivity index (χ2v) is 5.07. The van der Waals surface area contributed by atoms with Gasteiger partial charge in [0, 0.05) is 15.6 Å². The molecule has 19 heavy (non-hydrogen) atoms. The van der Waals surface area contributed by atoms with E-state index >= 15 is 0 Å². The molecule has 0 atom stereocenters. The molecule has 96 valence electrons. The maximum absolute atomic E-state index is 13.7. The van der Waals surface area contributed by atoms with Crippen LogP contribution in [0.3, 0.4) is 0 Å². The zero-order valence-electron chi connectivity index (χ0n) is 9.54. The van der Waals surface area contributed by atoms with Crippen LogP contribution >= 0.6 is 15.9 Å². The molecule has 0 saturated heterocycles. The van der Waals surface area contributed by atoms with Crippen LogP contribution in [0.15, 0.2) is 34.8 Å². The molecule has 2 aromatic carbocycles. The van der Waals surface area contributed by atoms with Gasteiger partial charge >= 0.3 is 0 Å². The van der Waals surface area contributed by atoms with Crippen LogP contribution in [-0.4, -0.2) is 5.78 Å². The van der Waals surface area contributed by atoms with Crippen LogP contribution in [0.5, 0.6) is 5.75 Å². The van der Waals surface area contributed by atoms with Crippen LogP contribution < -0.4 is 4.74 Å². The number of ether oxygens (including phenoxy) is 1. The summed E-state index contributed by atoms with van der Waals surface area (Å²) in [7, 11) is 0. The van der Waals surface area contributed by atoms with E-state index in [9.17, 15) is 13.6 Å². The molecule has 0 spiro atoms. The van der Waals surface area contributed by atoms with Gasteiger partial charge in [-0.3, -0.25) is 4.79 Å². The van der Waals surface area contributed by atoms with E-state index in [0.29, 0.717) is 11.1 Å². The number of fused-ring (bicyclic) bond motifs is 2. The smallest absolute Gasteiger partial charge is 0.201 e. The summed E-state index contributed by atoms with van der Waals surface area (Å²) in [6, 6.07) is 7.27. The van der Waals surface area contributed by atoms with E-state index in [4.69, 9.17) is 4.74 Å². The van der Waals surface area contributed by atoms with Crippen molar-refractivity contribution in [2.45, 2.75) is 6.61 Å². The molecule has 0 radical (unpaired) electrons. The van der Waals surface area contributed by atoms with Gasteiger partial charge in [0.1, 0.15) is 6.61 Å². The lowest BCUT2D eigenvalue weighted by Crippen LogP contribution is -2.03. The lowest BCUT2D eigenvalue weighted by molar-refractivity contribution is 0.103. The number of ketones is 1. The Labute approximate surface area is 116 Å². The van der Waals surface area contributed by atoms with Gasteiger partial charge in [-0.15, -0.1) is 0 Å². The summed E-state index contributed by atoms with van der Waals surface area (Å²) in [6.07, 6.45) is 0. The third-order valence-corrected chi connectivity index (χ3v) is 3.47. The Balaban J connectivity index is 2.22. The lowest BCUT2D eigenvalue weighted by atomic mass is 9.99. The number of carbonyl (C=O) groups is 1. The minimum atomic E-state index is -1.13. The van der Waals surface area contributed by atoms with Crippen molar-refractivity contribution >= 4 is 21.7 Å². The standard InChI is InChI=1S/C14H7BrF2O2/c15-8-1-2-9-7(5-8)6-19-14-10(13(9)18)3-4-11(16)12(14)17/h1-5H,6H2. The van der Waals surface area contributed by atoms with Gasteiger partial charge in [0.15, 0.2) is 17.3 Å². The summed E-state index contributed by atoms with van der Waals surface area (Å²) in [5.41, 5.74) is 1.11. The number of hydrogen-bond acceptors (Lipinski definition) is 2. The highest BCUT2D eigenvalue weighted by Crippen LogP contribution is 2.32. The van der Waals surface area contributed by atoms with Crippen molar-refractivity contribution in [1.29, 1.82) is 0 Å². The van der Waals surface area contributed by atoms with Gasteiger partial charge in [-0.2, -0.15) is 4.39 Å². The average Bonchev–Trinajstić information content (AvgIpc) is 2.52. The molecule has 0 aliphatic carbocycles. The highest BCUT2D eigenvalue weighted by Gasteiger charge is 2.26. The summed E-state index contributed by atoms with van der Waals surface area (Å²) < 4.78 is 32.9. The molecule has 0 fully saturated rings. The fraction of sp³-hybridized carbons (Fsp3) is 0.0714. The predicted octanol–water partition coefficient (Wildman–Crippen LogP) is 3.85. The molecule has 0 amide bonds. The maximum Gasteiger partial charge on any atom is 0.201 e. The Kier molecular flexibility index (Phi) is 2.86. The van der Waals surface area contributed by atoms with Crippen LogP contribution in [0, 0.1) is 11.6 Å². The zero-order chi connectivity index (χ0) is 13.6. The molecule has 0 saturated carbocycles. The minimum absolute atomic E-state index is 0.0217. The van der Waals surface area contributed by atoms with E-state index in [1.165, 1.54) is 6.07 Å². The van der Waals surface area contributed by atoms with E-state index in [1.807, 2.05) is 0 Å². The topological polar surface area (TPSA) is 26.3 Å². The van der Waals surface area contributed by atoms with Crippen molar-refractivity contribution in [3.8, 4) is 5.75 Å². The first-order valence-electron chi connectivity index (χ1n) is 5.52. The van der Waals surface area contributed by atoms with Crippen LogP contribution in [-0.2, 0) is 6.61 Å². The number of hydrogen-bond donors (Lipinski definition) is 0. The molecule has 0 aromatic heterocycles. The molecule has 5 heteroatoms. The van der Waals surface area contributed by atoms with Gasteiger partial charge in [0.25, 0.3) is 0 Å². The summed E-state index contributed by atoms with van der Waals surface area (Å²) in [4.78, 5) is 12.3. The molecule has 3 rings (SSSR count). The fourth-order valence-corrected chi connectivity index (χ4v) is 2.46. The maximum atomic E-state index is 13.7. The Bertz CT molecular complexity index is 698. The molecule has 0 N–H and O–H groups in total. The molecule has 1 aliphatic rings. The van der Waals surface area contributed by atoms with Gasteiger partial charge < -0.3 is 4.74 Å². The molecular weight excluding hydrogens is 318 g/mol. The normalized spacial score (nSPS) is 13.3. The fourth-order valence-electron chi connectivity index (χ4n) is 2.05. The Morgan fingerprint density at radius 1 is 1.11 bits per heavy atom. The van der Waals surface area contributed by atoms with Crippen molar-refractivity contribution in [3.63, 3.8) is 0 Å². The van der Waals surface area contributed by atoms with Gasteiger partial charge in [-0.25, -0.2) is 4.39 Å². The molecule has 2 nitrogen and oxygen atoms in total. The van der Waals surface area contributed by atoms with Crippen molar-refractivity contribution in [1.82, 2.24) is 0 Å². The lowest BCUT2D eigenvalue weighted by Gasteiger charge is -2.07. The third-order valence-electron chi connectivity index (χ3n) is 2.98. The number of halogens is 3. The van der Waals surface area contributed by atoms with Crippen molar-refractivity contribution in [3.05, 3.63) is 63.1 Å². The summed E-state index contributed by atoms with van der Waals surface area (Å²) in [5.74, 6) is -2.84. The largest absolute Gasteiger partial charge is 0.485 e. The Hall–Kier alpha value is -1.75. The first-order valence-corrected chi connectivity index (χ1v) is 6.31. The molecule has 1 heterocycles. The van der Waals surface area contributed by atoms with Crippen molar-refractivity contribution in [2.75, 3.05) is 0 Å². The van der Waals surface area contributed by atoms with Gasteiger partial charge in [0.05, 0.1) is 5.56 Å². The molecule has 0 bridgehead atoms. The predicted molar refractivity (Wildman–Crippen MR) is 68.3 cm³/mol. The molecule has 2 aromatic rings. The Morgan fingerprint density at radius 2 is 1.84 bits per heavy atom. The van der Waals surface area contributed by atoms with Gasteiger partial charge in [-0.05, 0) is 30.3 Å². The monoisotopic (exact) mass is 324 g/mol. The SMILES string of the molecule is O=C1c2ccc(Br)cc2COc2c1ccc(F)c2F. The van der Waals surface area contributed by atoms with Gasteiger partial charge in [0.2, 0.25) is 5.82 Å². The molecule has 0 unspecified atom stereocenters. The van der Waals surface area contributed by atoms with Crippen molar-refractivity contribution in [2.24, 2.45) is 0 Å². The summed E-state index contributed by atoms with van der Waals surface area (Å²) >= 11 is 3.30. The quantitative estimate of drug-likeness (QED) is 0.735. The second kappa shape index (κ2) is 4.42. The number of rotatable bonds is 0. The number of benzene rings is 2. The van der Waals surface area contributed by atoms with E-state index in [0.717, 1.165) is 10.5 Å². The van der Waals surface area contributed by atoms with Gasteiger partial charge in [-0.1, -0.05) is 15.9 Å². The summed E-state index contributed by atoms with van der Waals surface area (Å²) in [5, 5.41) is 0. The van der Waals surface area contributed by atoms with Crippen molar-refractivity contribution < 1.29 is 18.3 Å². The zero-order valence-corrected chi connectivity index (χ0v) is 11.1. The van der Waals surface area contributed by atoms with Crippen LogP contribution in [0.4, 0.5) is 8.78 Å². The first kappa shape index (κ1) is 12.3. The van der Waals surface area contributed by atoms with E-state index in [1.54, 1.807) is 18.2 Å². The Morgan fingerprint density at radius 3 is 2.63 bits per heavy atom. The van der Waals surface area contributed by atoms with Crippen LogP contribution in [0.25, 0.3) is 0 Å². The average molecular weight is 325 g/mol.